The first kappa shape index (κ1) is 17.4. The Morgan fingerprint density at radius 1 is 1.45 bits per heavy atom. The summed E-state index contributed by atoms with van der Waals surface area (Å²) in [5, 5.41) is 7.42. The minimum atomic E-state index is -4.76. The SMILES string of the molecule is CC(=O)O.O=[C-]C(F)(F)F.[Nd]. The maximum Gasteiger partial charge on any atom is 0.300 e. The second kappa shape index (κ2) is 8.38. The van der Waals surface area contributed by atoms with Gasteiger partial charge in [-0.25, -0.2) is 13.2 Å². The van der Waals surface area contributed by atoms with Crippen LogP contribution in [0.3, 0.4) is 0 Å². The van der Waals surface area contributed by atoms with Gasteiger partial charge in [-0.1, -0.05) is 0 Å². The molecular formula is C4H4F3NdO3-. The number of carbonyl (C=O) groups excluding carboxylic acids is 1. The molecular weight excluding hydrogens is 297 g/mol. The Balaban J connectivity index is -0.000000114. The van der Waals surface area contributed by atoms with Crippen molar-refractivity contribution in [3.05, 3.63) is 0 Å². The van der Waals surface area contributed by atoms with Gasteiger partial charge in [0, 0.05) is 47.8 Å². The molecule has 0 bridgehead atoms. The molecule has 64 valence electrons. The van der Waals surface area contributed by atoms with Crippen molar-refractivity contribution in [3.63, 3.8) is 0 Å². The second-order valence-electron chi connectivity index (χ2n) is 1.12. The first-order valence-electron chi connectivity index (χ1n) is 1.95. The molecule has 0 aromatic carbocycles. The number of carboxylic acids is 1. The minimum absolute atomic E-state index is 0. The van der Waals surface area contributed by atoms with E-state index in [0.717, 1.165) is 6.92 Å². The van der Waals surface area contributed by atoms with E-state index >= 15 is 0 Å². The summed E-state index contributed by atoms with van der Waals surface area (Å²) >= 11 is 0. The zero-order chi connectivity index (χ0) is 8.78. The molecule has 0 unspecified atom stereocenters. The standard InChI is InChI=1S/C2F3O.C2H4O2.Nd/c3-2(4,5)1-6;1-2(3)4;/h;1H3,(H,3,4);/q-1;;. The van der Waals surface area contributed by atoms with Crippen molar-refractivity contribution >= 4 is 12.3 Å². The van der Waals surface area contributed by atoms with Crippen LogP contribution in [-0.2, 0) is 9.59 Å². The molecule has 0 aliphatic rings. The summed E-state index contributed by atoms with van der Waals surface area (Å²) in [5.74, 6) is -0.833. The summed E-state index contributed by atoms with van der Waals surface area (Å²) in [6, 6.07) is 0. The molecule has 0 amide bonds. The number of hydrogen-bond acceptors (Lipinski definition) is 2. The fourth-order valence-electron chi connectivity index (χ4n) is 0. The van der Waals surface area contributed by atoms with Crippen molar-refractivity contribution in [2.24, 2.45) is 0 Å². The van der Waals surface area contributed by atoms with E-state index in [4.69, 9.17) is 14.7 Å². The first-order chi connectivity index (χ1) is 4.29. The fourth-order valence-corrected chi connectivity index (χ4v) is 0. The molecule has 1 N–H and O–H groups in total. The predicted octanol–water partition coefficient (Wildman–Crippen LogP) is 0.749. The third kappa shape index (κ3) is 65.5. The number of aliphatic carboxylic acids is 1. The van der Waals surface area contributed by atoms with E-state index in [-0.39, 0.29) is 47.1 Å². The Kier molecular flexibility index (Phi) is 13.2. The molecule has 11 heavy (non-hydrogen) atoms. The fraction of sp³-hybridized carbons (Fsp3) is 0.500. The third-order valence-corrected chi connectivity index (χ3v) is 0.116. The van der Waals surface area contributed by atoms with Gasteiger partial charge in [0.2, 0.25) is 0 Å². The number of carbonyl (C=O) groups is 1. The van der Waals surface area contributed by atoms with E-state index in [2.05, 4.69) is 0 Å². The van der Waals surface area contributed by atoms with Gasteiger partial charge >= 0.3 is 0 Å². The van der Waals surface area contributed by atoms with Gasteiger partial charge in [0.05, 0.1) is 0 Å². The van der Waals surface area contributed by atoms with Crippen LogP contribution >= 0.6 is 0 Å². The second-order valence-corrected chi connectivity index (χ2v) is 1.12. The van der Waals surface area contributed by atoms with Gasteiger partial charge in [-0.05, 0) is 0 Å². The van der Waals surface area contributed by atoms with E-state index in [0.29, 0.717) is 0 Å². The van der Waals surface area contributed by atoms with E-state index in [1.807, 2.05) is 0 Å². The molecule has 0 aromatic rings. The average molecular weight is 301 g/mol. The zero-order valence-corrected chi connectivity index (χ0v) is 8.61. The molecule has 0 aliphatic carbocycles. The monoisotopic (exact) mass is 299 g/mol. The predicted molar refractivity (Wildman–Crippen MR) is 25.1 cm³/mol. The van der Waals surface area contributed by atoms with Crippen LogP contribution in [0.25, 0.3) is 0 Å². The van der Waals surface area contributed by atoms with Gasteiger partial charge in [-0.15, -0.1) is 0 Å². The number of rotatable bonds is 0. The van der Waals surface area contributed by atoms with E-state index in [1.165, 1.54) is 0 Å². The average Bonchev–Trinajstić information content (AvgIpc) is 1.63. The Morgan fingerprint density at radius 3 is 1.55 bits per heavy atom. The molecule has 0 heterocycles. The molecule has 0 saturated carbocycles. The van der Waals surface area contributed by atoms with Crippen LogP contribution in [0.1, 0.15) is 6.92 Å². The molecule has 0 aromatic heterocycles. The van der Waals surface area contributed by atoms with Gasteiger partial charge in [0.25, 0.3) is 12.1 Å². The summed E-state index contributed by atoms with van der Waals surface area (Å²) in [6.45, 7) is 1.08. The van der Waals surface area contributed by atoms with E-state index < -0.39 is 12.1 Å². The summed E-state index contributed by atoms with van der Waals surface area (Å²) in [5.41, 5.74) is 0. The minimum Gasteiger partial charge on any atom is -0.533 e. The van der Waals surface area contributed by atoms with Crippen molar-refractivity contribution in [3.8, 4) is 0 Å². The Labute approximate surface area is 93.5 Å². The Hall–Kier alpha value is 0.281. The number of halogens is 3. The molecule has 0 aliphatic heterocycles. The van der Waals surface area contributed by atoms with Crippen LogP contribution in [0, 0.1) is 40.8 Å². The molecule has 0 saturated heterocycles. The molecule has 0 spiro atoms. The molecule has 0 radical (unpaired) electrons. The maximum absolute atomic E-state index is 10.4. The normalized spacial score (nSPS) is 8.36. The first-order valence-corrected chi connectivity index (χ1v) is 1.95. The van der Waals surface area contributed by atoms with E-state index in [1.54, 1.807) is 0 Å². The molecule has 0 atom stereocenters. The topological polar surface area (TPSA) is 54.4 Å². The summed E-state index contributed by atoms with van der Waals surface area (Å²) in [7, 11) is 0. The van der Waals surface area contributed by atoms with Crippen LogP contribution in [0.2, 0.25) is 0 Å². The van der Waals surface area contributed by atoms with Crippen LogP contribution in [0.15, 0.2) is 0 Å². The van der Waals surface area contributed by atoms with Gasteiger partial charge in [0.15, 0.2) is 0 Å². The number of hydrogen-bond donors (Lipinski definition) is 1. The van der Waals surface area contributed by atoms with Gasteiger partial charge < -0.3 is 9.90 Å². The summed E-state index contributed by atoms with van der Waals surface area (Å²) in [4.78, 5) is 17.6. The smallest absolute Gasteiger partial charge is 0.300 e. The molecule has 3 nitrogen and oxygen atoms in total. The number of alkyl halides is 3. The van der Waals surface area contributed by atoms with Crippen molar-refractivity contribution in [1.82, 2.24) is 0 Å². The van der Waals surface area contributed by atoms with Crippen LogP contribution < -0.4 is 0 Å². The van der Waals surface area contributed by atoms with Gasteiger partial charge in [0.1, 0.15) is 0 Å². The largest absolute Gasteiger partial charge is 0.533 e. The maximum atomic E-state index is 10.4. The quantitative estimate of drug-likeness (QED) is 0.672. The zero-order valence-electron chi connectivity index (χ0n) is 5.40. The summed E-state index contributed by atoms with van der Waals surface area (Å²) in [6.07, 6.45) is -4.91. The molecule has 0 rings (SSSR count). The van der Waals surface area contributed by atoms with Crippen molar-refractivity contribution in [2.75, 3.05) is 0 Å². The summed E-state index contributed by atoms with van der Waals surface area (Å²) < 4.78 is 31.1. The Morgan fingerprint density at radius 2 is 1.55 bits per heavy atom. The van der Waals surface area contributed by atoms with Crippen molar-refractivity contribution < 1.29 is 68.7 Å². The molecule has 0 fully saturated rings. The van der Waals surface area contributed by atoms with Crippen LogP contribution in [0.4, 0.5) is 13.2 Å². The van der Waals surface area contributed by atoms with Crippen molar-refractivity contribution in [2.45, 2.75) is 13.1 Å². The van der Waals surface area contributed by atoms with E-state index in [9.17, 15) is 13.2 Å². The van der Waals surface area contributed by atoms with Crippen LogP contribution in [0.5, 0.6) is 0 Å². The van der Waals surface area contributed by atoms with Gasteiger partial charge in [-0.3, -0.25) is 4.79 Å². The number of carboxylic acid groups (broad SMARTS) is 1. The molecule has 7 heteroatoms. The van der Waals surface area contributed by atoms with Crippen LogP contribution in [-0.4, -0.2) is 23.5 Å². The van der Waals surface area contributed by atoms with Crippen molar-refractivity contribution in [1.29, 1.82) is 0 Å². The third-order valence-electron chi connectivity index (χ3n) is 0.116. The Bertz CT molecular complexity index is 118. The van der Waals surface area contributed by atoms with Gasteiger partial charge in [-0.2, -0.15) is 6.29 Å².